The highest BCUT2D eigenvalue weighted by atomic mass is 32.2. The van der Waals surface area contributed by atoms with Crippen LogP contribution in [0.2, 0.25) is 0 Å². The largest absolute Gasteiger partial charge is 0.497 e. The first-order valence-electron chi connectivity index (χ1n) is 8.87. The van der Waals surface area contributed by atoms with Crippen LogP contribution >= 0.6 is 0 Å². The van der Waals surface area contributed by atoms with Crippen LogP contribution < -0.4 is 10.1 Å². The zero-order valence-corrected chi connectivity index (χ0v) is 15.8. The van der Waals surface area contributed by atoms with Gasteiger partial charge in [-0.2, -0.15) is 0 Å². The fourth-order valence-electron chi connectivity index (χ4n) is 3.46. The zero-order valence-electron chi connectivity index (χ0n) is 15.0. The first kappa shape index (κ1) is 18.0. The van der Waals surface area contributed by atoms with Crippen molar-refractivity contribution in [1.82, 2.24) is 14.9 Å². The molecule has 3 heterocycles. The zero-order chi connectivity index (χ0) is 19.0. The molecule has 1 amide bonds. The first-order chi connectivity index (χ1) is 13.0. The van der Waals surface area contributed by atoms with E-state index in [2.05, 4.69) is 10.3 Å². The van der Waals surface area contributed by atoms with E-state index >= 15 is 0 Å². The summed E-state index contributed by atoms with van der Waals surface area (Å²) in [6.45, 7) is 1.33. The van der Waals surface area contributed by atoms with E-state index in [1.54, 1.807) is 31.4 Å². The van der Waals surface area contributed by atoms with Crippen LogP contribution in [0.25, 0.3) is 11.3 Å². The molecule has 1 aromatic carbocycles. The second-order valence-corrected chi connectivity index (χ2v) is 8.64. The Labute approximate surface area is 157 Å². The summed E-state index contributed by atoms with van der Waals surface area (Å²) in [5.74, 6) is 0.291. The highest BCUT2D eigenvalue weighted by Crippen LogP contribution is 2.31. The SMILES string of the molecule is COc1ccc(-c2nc3n(c2C(=O)NCC2CCCO2)CCS3(=O)=O)cc1. The van der Waals surface area contributed by atoms with Gasteiger partial charge in [-0.05, 0) is 37.1 Å². The Bertz CT molecular complexity index is 960. The van der Waals surface area contributed by atoms with Crippen molar-refractivity contribution in [3.8, 4) is 17.0 Å². The Balaban J connectivity index is 1.70. The quantitative estimate of drug-likeness (QED) is 0.824. The number of rotatable bonds is 5. The molecule has 4 rings (SSSR count). The molecule has 9 heteroatoms. The molecular formula is C18H21N3O5S. The number of fused-ring (bicyclic) bond motifs is 1. The molecule has 2 aliphatic rings. The topological polar surface area (TPSA) is 99.5 Å². The molecule has 0 radical (unpaired) electrons. The number of methoxy groups -OCH3 is 1. The highest BCUT2D eigenvalue weighted by molar-refractivity contribution is 7.91. The second-order valence-electron chi connectivity index (χ2n) is 6.64. The smallest absolute Gasteiger partial charge is 0.270 e. The minimum absolute atomic E-state index is 0.00286. The van der Waals surface area contributed by atoms with E-state index in [4.69, 9.17) is 9.47 Å². The number of ether oxygens (including phenoxy) is 2. The maximum atomic E-state index is 12.9. The minimum Gasteiger partial charge on any atom is -0.497 e. The summed E-state index contributed by atoms with van der Waals surface area (Å²) < 4.78 is 36.8. The van der Waals surface area contributed by atoms with E-state index in [1.807, 2.05) is 0 Å². The van der Waals surface area contributed by atoms with Crippen molar-refractivity contribution in [3.63, 3.8) is 0 Å². The fraction of sp³-hybridized carbons (Fsp3) is 0.444. The molecule has 2 aromatic rings. The number of sulfone groups is 1. The molecule has 27 heavy (non-hydrogen) atoms. The molecule has 1 aromatic heterocycles. The molecule has 1 atom stereocenters. The van der Waals surface area contributed by atoms with Crippen molar-refractivity contribution >= 4 is 15.7 Å². The summed E-state index contributed by atoms with van der Waals surface area (Å²) in [4.78, 5) is 17.2. The van der Waals surface area contributed by atoms with Crippen LogP contribution in [-0.2, 0) is 21.1 Å². The molecule has 0 spiro atoms. The van der Waals surface area contributed by atoms with Gasteiger partial charge in [0.05, 0.1) is 19.0 Å². The van der Waals surface area contributed by atoms with Gasteiger partial charge in [-0.3, -0.25) is 4.79 Å². The Morgan fingerprint density at radius 3 is 2.81 bits per heavy atom. The Morgan fingerprint density at radius 2 is 2.15 bits per heavy atom. The Kier molecular flexibility index (Phi) is 4.65. The van der Waals surface area contributed by atoms with Gasteiger partial charge in [0.25, 0.3) is 5.91 Å². The van der Waals surface area contributed by atoms with Gasteiger partial charge in [0.1, 0.15) is 17.1 Å². The molecule has 1 unspecified atom stereocenters. The lowest BCUT2D eigenvalue weighted by molar-refractivity contribution is 0.0850. The number of hydrogen-bond donors (Lipinski definition) is 1. The number of hydrogen-bond acceptors (Lipinski definition) is 6. The van der Waals surface area contributed by atoms with E-state index < -0.39 is 9.84 Å². The van der Waals surface area contributed by atoms with Crippen molar-refractivity contribution in [2.24, 2.45) is 0 Å². The minimum atomic E-state index is -3.47. The lowest BCUT2D eigenvalue weighted by atomic mass is 10.1. The molecule has 1 N–H and O–H groups in total. The van der Waals surface area contributed by atoms with Gasteiger partial charge < -0.3 is 19.4 Å². The standard InChI is InChI=1S/C18H21N3O5S/c1-25-13-6-4-12(5-7-13)15-16(17(22)19-11-14-3-2-9-26-14)21-8-10-27(23,24)18(21)20-15/h4-7,14H,2-3,8-11H2,1H3,(H,19,22). The second kappa shape index (κ2) is 6.97. The van der Waals surface area contributed by atoms with Gasteiger partial charge in [0, 0.05) is 25.3 Å². The molecule has 0 saturated carbocycles. The van der Waals surface area contributed by atoms with Gasteiger partial charge in [0.15, 0.2) is 0 Å². The number of nitrogens with zero attached hydrogens (tertiary/aromatic N) is 2. The van der Waals surface area contributed by atoms with Crippen molar-refractivity contribution in [2.75, 3.05) is 26.0 Å². The van der Waals surface area contributed by atoms with Crippen molar-refractivity contribution < 1.29 is 22.7 Å². The average Bonchev–Trinajstić information content (AvgIpc) is 3.37. The van der Waals surface area contributed by atoms with E-state index in [-0.39, 0.29) is 35.2 Å². The Morgan fingerprint density at radius 1 is 1.37 bits per heavy atom. The lowest BCUT2D eigenvalue weighted by Gasteiger charge is -2.12. The van der Waals surface area contributed by atoms with Crippen molar-refractivity contribution in [1.29, 1.82) is 0 Å². The van der Waals surface area contributed by atoms with Gasteiger partial charge in [-0.1, -0.05) is 0 Å². The molecular weight excluding hydrogens is 370 g/mol. The summed E-state index contributed by atoms with van der Waals surface area (Å²) in [6.07, 6.45) is 1.89. The summed E-state index contributed by atoms with van der Waals surface area (Å²) in [6, 6.07) is 7.03. The molecule has 1 fully saturated rings. The monoisotopic (exact) mass is 391 g/mol. The van der Waals surface area contributed by atoms with E-state index in [0.29, 0.717) is 30.2 Å². The van der Waals surface area contributed by atoms with Gasteiger partial charge in [-0.15, -0.1) is 0 Å². The summed E-state index contributed by atoms with van der Waals surface area (Å²) in [5, 5.41) is 2.83. The van der Waals surface area contributed by atoms with Gasteiger partial charge >= 0.3 is 0 Å². The molecule has 0 bridgehead atoms. The van der Waals surface area contributed by atoms with Crippen LogP contribution in [0.3, 0.4) is 0 Å². The predicted octanol–water partition coefficient (Wildman–Crippen LogP) is 1.25. The number of amides is 1. The van der Waals surface area contributed by atoms with Crippen LogP contribution in [0.1, 0.15) is 23.3 Å². The maximum Gasteiger partial charge on any atom is 0.270 e. The average molecular weight is 391 g/mol. The normalized spacial score (nSPS) is 20.4. The molecule has 0 aliphatic carbocycles. The number of aromatic nitrogens is 2. The number of carbonyl (C=O) groups excluding carboxylic acids is 1. The molecule has 8 nitrogen and oxygen atoms in total. The van der Waals surface area contributed by atoms with E-state index in [1.165, 1.54) is 4.57 Å². The van der Waals surface area contributed by atoms with Crippen LogP contribution in [-0.4, -0.2) is 56.0 Å². The molecule has 144 valence electrons. The third-order valence-corrected chi connectivity index (χ3v) is 6.48. The third-order valence-electron chi connectivity index (χ3n) is 4.89. The number of imidazole rings is 1. The number of benzene rings is 1. The van der Waals surface area contributed by atoms with Crippen LogP contribution in [0.4, 0.5) is 0 Å². The Hall–Kier alpha value is -2.39. The maximum absolute atomic E-state index is 12.9. The summed E-state index contributed by atoms with van der Waals surface area (Å²) >= 11 is 0. The van der Waals surface area contributed by atoms with Gasteiger partial charge in [-0.25, -0.2) is 13.4 Å². The van der Waals surface area contributed by atoms with Crippen molar-refractivity contribution in [3.05, 3.63) is 30.0 Å². The summed E-state index contributed by atoms with van der Waals surface area (Å²) in [7, 11) is -1.90. The number of nitrogens with one attached hydrogen (secondary N) is 1. The van der Waals surface area contributed by atoms with Gasteiger partial charge in [0.2, 0.25) is 15.0 Å². The van der Waals surface area contributed by atoms with Crippen molar-refractivity contribution in [2.45, 2.75) is 30.6 Å². The van der Waals surface area contributed by atoms with Crippen LogP contribution in [0, 0.1) is 0 Å². The highest BCUT2D eigenvalue weighted by Gasteiger charge is 2.35. The molecule has 1 saturated heterocycles. The van der Waals surface area contributed by atoms with Crippen LogP contribution in [0.5, 0.6) is 5.75 Å². The van der Waals surface area contributed by atoms with Crippen LogP contribution in [0.15, 0.2) is 29.4 Å². The summed E-state index contributed by atoms with van der Waals surface area (Å²) in [5.41, 5.74) is 1.30. The first-order valence-corrected chi connectivity index (χ1v) is 10.5. The lowest BCUT2D eigenvalue weighted by Crippen LogP contribution is -2.33. The third kappa shape index (κ3) is 3.32. The predicted molar refractivity (Wildman–Crippen MR) is 97.6 cm³/mol. The number of carbonyl (C=O) groups is 1. The van der Waals surface area contributed by atoms with E-state index in [0.717, 1.165) is 12.8 Å². The molecule has 2 aliphatic heterocycles. The fourth-order valence-corrected chi connectivity index (χ4v) is 4.81. The van der Waals surface area contributed by atoms with E-state index in [9.17, 15) is 13.2 Å².